The van der Waals surface area contributed by atoms with Gasteiger partial charge in [0.25, 0.3) is 0 Å². The van der Waals surface area contributed by atoms with Gasteiger partial charge in [-0.05, 0) is 37.6 Å². The van der Waals surface area contributed by atoms with Crippen LogP contribution in [-0.4, -0.2) is 19.4 Å². The number of hydrogen-bond donors (Lipinski definition) is 1. The van der Waals surface area contributed by atoms with Gasteiger partial charge in [-0.25, -0.2) is 12.8 Å². The van der Waals surface area contributed by atoms with Crippen LogP contribution in [0.5, 0.6) is 0 Å². The minimum absolute atomic E-state index is 0.0152. The smallest absolute Gasteiger partial charge is 0.234 e. The molecule has 0 amide bonds. The van der Waals surface area contributed by atoms with Crippen molar-refractivity contribution in [2.45, 2.75) is 36.2 Å². The molecule has 0 spiro atoms. The highest BCUT2D eigenvalue weighted by molar-refractivity contribution is 7.91. The SMILES string of the molecule is CCC(C)Nc1oc(-c2ccccc2F)nc1S(=O)(=O)c1ccccc1. The van der Waals surface area contributed by atoms with Crippen molar-refractivity contribution >= 4 is 15.7 Å². The van der Waals surface area contributed by atoms with Gasteiger partial charge in [0.1, 0.15) is 5.82 Å². The summed E-state index contributed by atoms with van der Waals surface area (Å²) < 4.78 is 45.7. The van der Waals surface area contributed by atoms with Gasteiger partial charge in [-0.2, -0.15) is 4.98 Å². The van der Waals surface area contributed by atoms with Gasteiger partial charge in [0.2, 0.25) is 26.6 Å². The van der Waals surface area contributed by atoms with Crippen LogP contribution < -0.4 is 5.32 Å². The molecule has 26 heavy (non-hydrogen) atoms. The number of aromatic nitrogens is 1. The first-order valence-corrected chi connectivity index (χ1v) is 9.74. The van der Waals surface area contributed by atoms with E-state index in [0.29, 0.717) is 0 Å². The lowest BCUT2D eigenvalue weighted by atomic mass is 10.2. The molecule has 2 aromatic carbocycles. The number of oxazole rings is 1. The van der Waals surface area contributed by atoms with E-state index in [0.717, 1.165) is 6.42 Å². The number of anilines is 1. The average Bonchev–Trinajstić information content (AvgIpc) is 3.07. The van der Waals surface area contributed by atoms with E-state index in [9.17, 15) is 12.8 Å². The molecule has 1 N–H and O–H groups in total. The van der Waals surface area contributed by atoms with Crippen LogP contribution in [0.3, 0.4) is 0 Å². The molecule has 1 heterocycles. The fourth-order valence-electron chi connectivity index (χ4n) is 2.37. The molecule has 0 aliphatic carbocycles. The van der Waals surface area contributed by atoms with Crippen molar-refractivity contribution in [3.8, 4) is 11.5 Å². The van der Waals surface area contributed by atoms with Gasteiger partial charge in [-0.1, -0.05) is 37.3 Å². The summed E-state index contributed by atoms with van der Waals surface area (Å²) in [6.07, 6.45) is 0.751. The predicted octanol–water partition coefficient (Wildman–Crippen LogP) is 4.52. The van der Waals surface area contributed by atoms with E-state index in [1.54, 1.807) is 30.3 Å². The minimum Gasteiger partial charge on any atom is -0.419 e. The van der Waals surface area contributed by atoms with E-state index in [1.807, 2.05) is 13.8 Å². The maximum absolute atomic E-state index is 14.1. The van der Waals surface area contributed by atoms with Gasteiger partial charge >= 0.3 is 0 Å². The number of rotatable bonds is 6. The molecule has 0 saturated carbocycles. The first kappa shape index (κ1) is 18.1. The van der Waals surface area contributed by atoms with Gasteiger partial charge in [-0.3, -0.25) is 0 Å². The molecule has 0 saturated heterocycles. The molecule has 3 aromatic rings. The number of halogens is 1. The van der Waals surface area contributed by atoms with Crippen molar-refractivity contribution in [2.24, 2.45) is 0 Å². The van der Waals surface area contributed by atoms with Gasteiger partial charge in [-0.15, -0.1) is 0 Å². The Morgan fingerprint density at radius 2 is 1.77 bits per heavy atom. The number of sulfone groups is 1. The summed E-state index contributed by atoms with van der Waals surface area (Å²) in [4.78, 5) is 4.22. The molecule has 1 aromatic heterocycles. The van der Waals surface area contributed by atoms with Crippen molar-refractivity contribution < 1.29 is 17.2 Å². The zero-order valence-electron chi connectivity index (χ0n) is 14.4. The van der Waals surface area contributed by atoms with Crippen molar-refractivity contribution in [1.82, 2.24) is 4.98 Å². The third-order valence-corrected chi connectivity index (χ3v) is 5.68. The van der Waals surface area contributed by atoms with E-state index in [-0.39, 0.29) is 33.3 Å². The number of hydrogen-bond acceptors (Lipinski definition) is 5. The van der Waals surface area contributed by atoms with E-state index < -0.39 is 15.7 Å². The molecule has 5 nitrogen and oxygen atoms in total. The lowest BCUT2D eigenvalue weighted by Crippen LogP contribution is -2.15. The topological polar surface area (TPSA) is 72.2 Å². The number of nitrogens with one attached hydrogen (secondary N) is 1. The van der Waals surface area contributed by atoms with Crippen molar-refractivity contribution in [1.29, 1.82) is 0 Å². The number of benzene rings is 2. The zero-order valence-corrected chi connectivity index (χ0v) is 15.3. The maximum Gasteiger partial charge on any atom is 0.234 e. The van der Waals surface area contributed by atoms with Crippen LogP contribution in [-0.2, 0) is 9.84 Å². The molecule has 0 bridgehead atoms. The lowest BCUT2D eigenvalue weighted by Gasteiger charge is -2.11. The minimum atomic E-state index is -3.91. The molecular formula is C19H19FN2O3S. The van der Waals surface area contributed by atoms with Crippen LogP contribution >= 0.6 is 0 Å². The van der Waals surface area contributed by atoms with E-state index >= 15 is 0 Å². The Labute approximate surface area is 151 Å². The first-order chi connectivity index (χ1) is 12.4. The first-order valence-electron chi connectivity index (χ1n) is 8.26. The van der Waals surface area contributed by atoms with Crippen LogP contribution in [0.4, 0.5) is 10.3 Å². The molecule has 1 atom stereocenters. The molecule has 1 unspecified atom stereocenters. The average molecular weight is 374 g/mol. The normalized spacial score (nSPS) is 12.7. The quantitative estimate of drug-likeness (QED) is 0.687. The van der Waals surface area contributed by atoms with Crippen molar-refractivity contribution in [3.63, 3.8) is 0 Å². The largest absolute Gasteiger partial charge is 0.419 e. The third-order valence-electron chi connectivity index (χ3n) is 4.00. The molecule has 0 fully saturated rings. The van der Waals surface area contributed by atoms with Crippen molar-refractivity contribution in [2.75, 3.05) is 5.32 Å². The summed E-state index contributed by atoms with van der Waals surface area (Å²) >= 11 is 0. The summed E-state index contributed by atoms with van der Waals surface area (Å²) in [5, 5.41) is 2.77. The molecule has 0 radical (unpaired) electrons. The van der Waals surface area contributed by atoms with Crippen LogP contribution in [0.2, 0.25) is 0 Å². The number of nitrogens with zero attached hydrogens (tertiary/aromatic N) is 1. The Morgan fingerprint density at radius 1 is 1.12 bits per heavy atom. The zero-order chi connectivity index (χ0) is 18.7. The summed E-state index contributed by atoms with van der Waals surface area (Å²) in [5.74, 6) is -0.600. The Morgan fingerprint density at radius 3 is 2.42 bits per heavy atom. The molecule has 3 rings (SSSR count). The molecule has 0 aliphatic heterocycles. The van der Waals surface area contributed by atoms with Gasteiger partial charge in [0, 0.05) is 6.04 Å². The summed E-state index contributed by atoms with van der Waals surface area (Å²) in [7, 11) is -3.91. The summed E-state index contributed by atoms with van der Waals surface area (Å²) in [6, 6.07) is 13.9. The lowest BCUT2D eigenvalue weighted by molar-refractivity contribution is 0.558. The van der Waals surface area contributed by atoms with Gasteiger partial charge < -0.3 is 9.73 Å². The van der Waals surface area contributed by atoms with Crippen LogP contribution in [0.15, 0.2) is 68.9 Å². The monoisotopic (exact) mass is 374 g/mol. The second-order valence-corrected chi connectivity index (χ2v) is 7.77. The highest BCUT2D eigenvalue weighted by atomic mass is 32.2. The molecular weight excluding hydrogens is 355 g/mol. The van der Waals surface area contributed by atoms with E-state index in [4.69, 9.17) is 4.42 Å². The van der Waals surface area contributed by atoms with Crippen LogP contribution in [0, 0.1) is 5.82 Å². The maximum atomic E-state index is 14.1. The Bertz CT molecular complexity index is 1000. The predicted molar refractivity (Wildman–Crippen MR) is 97.2 cm³/mol. The van der Waals surface area contributed by atoms with Gasteiger partial charge in [0.05, 0.1) is 10.5 Å². The second kappa shape index (κ2) is 7.29. The Balaban J connectivity index is 2.16. The summed E-state index contributed by atoms with van der Waals surface area (Å²) in [5.41, 5.74) is 0.106. The van der Waals surface area contributed by atoms with Crippen LogP contribution in [0.1, 0.15) is 20.3 Å². The molecule has 7 heteroatoms. The molecule has 136 valence electrons. The van der Waals surface area contributed by atoms with Crippen molar-refractivity contribution in [3.05, 3.63) is 60.4 Å². The Kier molecular flexibility index (Phi) is 5.08. The fourth-order valence-corrected chi connectivity index (χ4v) is 3.65. The Hall–Kier alpha value is -2.67. The third kappa shape index (κ3) is 3.48. The van der Waals surface area contributed by atoms with Gasteiger partial charge in [0.15, 0.2) is 0 Å². The fraction of sp³-hybridized carbons (Fsp3) is 0.211. The highest BCUT2D eigenvalue weighted by Gasteiger charge is 2.29. The van der Waals surface area contributed by atoms with E-state index in [2.05, 4.69) is 10.3 Å². The molecule has 0 aliphatic rings. The van der Waals surface area contributed by atoms with E-state index in [1.165, 1.54) is 24.3 Å². The second-order valence-electron chi connectivity index (χ2n) is 5.90. The highest BCUT2D eigenvalue weighted by Crippen LogP contribution is 2.33. The van der Waals surface area contributed by atoms with Crippen LogP contribution in [0.25, 0.3) is 11.5 Å². The summed E-state index contributed by atoms with van der Waals surface area (Å²) in [6.45, 7) is 3.85. The standard InChI is InChI=1S/C19H19FN2O3S/c1-3-13(2)21-18-19(26(23,24)14-9-5-4-6-10-14)22-17(25-18)15-11-7-8-12-16(15)20/h4-13,21H,3H2,1-2H3.